The summed E-state index contributed by atoms with van der Waals surface area (Å²) in [5.41, 5.74) is 8.18. The molecule has 0 radical (unpaired) electrons. The summed E-state index contributed by atoms with van der Waals surface area (Å²) >= 11 is 0. The van der Waals surface area contributed by atoms with Gasteiger partial charge >= 0.3 is 5.97 Å². The maximum absolute atomic E-state index is 10.5. The number of rotatable bonds is 6. The van der Waals surface area contributed by atoms with Crippen molar-refractivity contribution in [1.29, 1.82) is 0 Å². The third-order valence-corrected chi connectivity index (χ3v) is 3.22. The van der Waals surface area contributed by atoms with E-state index in [1.54, 1.807) is 0 Å². The second kappa shape index (κ2) is 6.04. The van der Waals surface area contributed by atoms with Crippen molar-refractivity contribution >= 4 is 5.97 Å². The maximum Gasteiger partial charge on any atom is 0.305 e. The second-order valence-electron chi connectivity index (χ2n) is 4.56. The summed E-state index contributed by atoms with van der Waals surface area (Å²) in [7, 11) is 0. The van der Waals surface area contributed by atoms with Crippen molar-refractivity contribution in [2.24, 2.45) is 5.73 Å². The van der Waals surface area contributed by atoms with Gasteiger partial charge in [-0.15, -0.1) is 0 Å². The third-order valence-electron chi connectivity index (χ3n) is 3.22. The Kier molecular flexibility index (Phi) is 4.39. The molecule has 0 heterocycles. The Hall–Kier alpha value is -1.59. The summed E-state index contributed by atoms with van der Waals surface area (Å²) in [6, 6.07) is 5.66. The standard InChI is InChI=1S/C14H19NO4/c1-2-18-12-5-3-4-9-10(12)8-11(15)14(9)19-7-6-13(16)17/h3-5,11,14H,2,6-8,15H2,1H3,(H,16,17). The first-order valence-electron chi connectivity index (χ1n) is 6.47. The van der Waals surface area contributed by atoms with Gasteiger partial charge in [0.15, 0.2) is 0 Å². The fourth-order valence-corrected chi connectivity index (χ4v) is 2.42. The van der Waals surface area contributed by atoms with E-state index in [0.717, 1.165) is 16.9 Å². The Balaban J connectivity index is 2.12. The lowest BCUT2D eigenvalue weighted by Gasteiger charge is -2.17. The van der Waals surface area contributed by atoms with Gasteiger partial charge in [0.1, 0.15) is 5.75 Å². The number of nitrogens with two attached hydrogens (primary N) is 1. The topological polar surface area (TPSA) is 81.8 Å². The molecule has 0 saturated heterocycles. The van der Waals surface area contributed by atoms with Gasteiger partial charge in [0.05, 0.1) is 25.7 Å². The van der Waals surface area contributed by atoms with Gasteiger partial charge in [-0.2, -0.15) is 0 Å². The van der Waals surface area contributed by atoms with E-state index < -0.39 is 5.97 Å². The molecular weight excluding hydrogens is 246 g/mol. The molecule has 1 aliphatic carbocycles. The molecule has 0 bridgehead atoms. The monoisotopic (exact) mass is 265 g/mol. The lowest BCUT2D eigenvalue weighted by molar-refractivity contribution is -0.138. The number of hydrogen-bond donors (Lipinski definition) is 2. The average molecular weight is 265 g/mol. The molecule has 0 aliphatic heterocycles. The van der Waals surface area contributed by atoms with Crippen LogP contribution >= 0.6 is 0 Å². The highest BCUT2D eigenvalue weighted by Gasteiger charge is 2.32. The zero-order chi connectivity index (χ0) is 13.8. The van der Waals surface area contributed by atoms with Crippen molar-refractivity contribution in [3.8, 4) is 5.75 Å². The molecule has 2 rings (SSSR count). The van der Waals surface area contributed by atoms with Gasteiger partial charge in [0.2, 0.25) is 0 Å². The van der Waals surface area contributed by atoms with Crippen LogP contribution in [0.25, 0.3) is 0 Å². The van der Waals surface area contributed by atoms with E-state index in [1.807, 2.05) is 25.1 Å². The van der Waals surface area contributed by atoms with Crippen LogP contribution in [-0.2, 0) is 16.0 Å². The van der Waals surface area contributed by atoms with Crippen LogP contribution in [-0.4, -0.2) is 30.3 Å². The molecule has 2 atom stereocenters. The molecule has 0 saturated carbocycles. The van der Waals surface area contributed by atoms with Gasteiger partial charge in [-0.1, -0.05) is 12.1 Å². The number of benzene rings is 1. The quantitative estimate of drug-likeness (QED) is 0.814. The summed E-state index contributed by atoms with van der Waals surface area (Å²) < 4.78 is 11.2. The minimum absolute atomic E-state index is 0.0102. The van der Waals surface area contributed by atoms with E-state index in [4.69, 9.17) is 20.3 Å². The zero-order valence-corrected chi connectivity index (χ0v) is 11.0. The zero-order valence-electron chi connectivity index (χ0n) is 11.0. The maximum atomic E-state index is 10.5. The molecule has 3 N–H and O–H groups in total. The van der Waals surface area contributed by atoms with Crippen molar-refractivity contribution in [3.63, 3.8) is 0 Å². The largest absolute Gasteiger partial charge is 0.494 e. The van der Waals surface area contributed by atoms with E-state index >= 15 is 0 Å². The van der Waals surface area contributed by atoms with Crippen molar-refractivity contribution in [1.82, 2.24) is 0 Å². The van der Waals surface area contributed by atoms with E-state index in [2.05, 4.69) is 0 Å². The summed E-state index contributed by atoms with van der Waals surface area (Å²) in [6.07, 6.45) is 0.446. The summed E-state index contributed by atoms with van der Waals surface area (Å²) in [6.45, 7) is 2.72. The van der Waals surface area contributed by atoms with Crippen molar-refractivity contribution in [2.75, 3.05) is 13.2 Å². The first kappa shape index (κ1) is 13.8. The number of carboxylic acid groups (broad SMARTS) is 1. The second-order valence-corrected chi connectivity index (χ2v) is 4.56. The predicted molar refractivity (Wildman–Crippen MR) is 70.2 cm³/mol. The first-order valence-corrected chi connectivity index (χ1v) is 6.47. The SMILES string of the molecule is CCOc1cccc2c1CC(N)C2OCCC(=O)O. The van der Waals surface area contributed by atoms with Crippen LogP contribution < -0.4 is 10.5 Å². The highest BCUT2D eigenvalue weighted by molar-refractivity contribution is 5.66. The molecule has 104 valence electrons. The van der Waals surface area contributed by atoms with E-state index in [1.165, 1.54) is 0 Å². The molecule has 19 heavy (non-hydrogen) atoms. The highest BCUT2D eigenvalue weighted by Crippen LogP contribution is 2.38. The molecule has 1 aromatic rings. The van der Waals surface area contributed by atoms with Crippen LogP contribution in [0, 0.1) is 0 Å². The summed E-state index contributed by atoms with van der Waals surface area (Å²) in [5, 5.41) is 8.63. The fraction of sp³-hybridized carbons (Fsp3) is 0.500. The fourth-order valence-electron chi connectivity index (χ4n) is 2.42. The third kappa shape index (κ3) is 3.05. The molecule has 0 fully saturated rings. The minimum Gasteiger partial charge on any atom is -0.494 e. The Labute approximate surface area is 112 Å². The highest BCUT2D eigenvalue weighted by atomic mass is 16.5. The first-order chi connectivity index (χ1) is 9.13. The number of carboxylic acids is 1. The normalized spacial score (nSPS) is 21.2. The summed E-state index contributed by atoms with van der Waals surface area (Å²) in [5.74, 6) is -0.0188. The van der Waals surface area contributed by atoms with Crippen LogP contribution in [0.1, 0.15) is 30.6 Å². The van der Waals surface area contributed by atoms with Crippen molar-refractivity contribution in [3.05, 3.63) is 29.3 Å². The van der Waals surface area contributed by atoms with Crippen LogP contribution in [0.5, 0.6) is 5.75 Å². The summed E-state index contributed by atoms with van der Waals surface area (Å²) in [4.78, 5) is 10.5. The molecule has 1 aliphatic rings. The molecule has 0 spiro atoms. The Bertz CT molecular complexity index is 461. The van der Waals surface area contributed by atoms with Crippen LogP contribution in [0.2, 0.25) is 0 Å². The lowest BCUT2D eigenvalue weighted by Crippen LogP contribution is -2.27. The number of fused-ring (bicyclic) bond motifs is 1. The molecular formula is C14H19NO4. The smallest absolute Gasteiger partial charge is 0.305 e. The number of carbonyl (C=O) groups is 1. The van der Waals surface area contributed by atoms with Gasteiger partial charge < -0.3 is 20.3 Å². The molecule has 1 aromatic carbocycles. The van der Waals surface area contributed by atoms with E-state index in [0.29, 0.717) is 13.0 Å². The lowest BCUT2D eigenvalue weighted by atomic mass is 10.1. The van der Waals surface area contributed by atoms with Crippen LogP contribution in [0.4, 0.5) is 0 Å². The predicted octanol–water partition coefficient (Wildman–Crippen LogP) is 1.50. The van der Waals surface area contributed by atoms with Gasteiger partial charge in [-0.05, 0) is 25.0 Å². The van der Waals surface area contributed by atoms with Crippen LogP contribution in [0.15, 0.2) is 18.2 Å². The Morgan fingerprint density at radius 1 is 1.53 bits per heavy atom. The van der Waals surface area contributed by atoms with Crippen molar-refractivity contribution in [2.45, 2.75) is 31.9 Å². The molecule has 5 heteroatoms. The van der Waals surface area contributed by atoms with Gasteiger partial charge in [-0.3, -0.25) is 4.79 Å². The minimum atomic E-state index is -0.866. The van der Waals surface area contributed by atoms with E-state index in [9.17, 15) is 4.79 Å². The number of hydrogen-bond acceptors (Lipinski definition) is 4. The average Bonchev–Trinajstić information content (AvgIpc) is 2.67. The van der Waals surface area contributed by atoms with Crippen molar-refractivity contribution < 1.29 is 19.4 Å². The Morgan fingerprint density at radius 3 is 3.00 bits per heavy atom. The molecule has 5 nitrogen and oxygen atoms in total. The molecule has 0 aromatic heterocycles. The van der Waals surface area contributed by atoms with Crippen LogP contribution in [0.3, 0.4) is 0 Å². The van der Waals surface area contributed by atoms with Gasteiger partial charge in [0.25, 0.3) is 0 Å². The van der Waals surface area contributed by atoms with Gasteiger partial charge in [-0.25, -0.2) is 0 Å². The van der Waals surface area contributed by atoms with E-state index in [-0.39, 0.29) is 25.2 Å². The molecule has 0 amide bonds. The number of ether oxygens (including phenoxy) is 2. The number of aliphatic carboxylic acids is 1. The van der Waals surface area contributed by atoms with Gasteiger partial charge in [0, 0.05) is 11.6 Å². The molecule has 2 unspecified atom stereocenters. The Morgan fingerprint density at radius 2 is 2.32 bits per heavy atom.